The molecule has 0 bridgehead atoms. The molecular formula is C13H20NO3S+. The molecule has 1 atom stereocenters. The summed E-state index contributed by atoms with van der Waals surface area (Å²) in [5.41, 5.74) is 1.34. The largest absolute Gasteiger partial charge is 0.505 e. The van der Waals surface area contributed by atoms with Crippen molar-refractivity contribution in [3.05, 3.63) is 23.0 Å². The molecule has 0 saturated carbocycles. The molecule has 0 aliphatic rings. The van der Waals surface area contributed by atoms with Crippen LogP contribution in [0.3, 0.4) is 0 Å². The van der Waals surface area contributed by atoms with Crippen LogP contribution in [0.2, 0.25) is 0 Å². The first-order valence-corrected chi connectivity index (χ1v) is 7.25. The Bertz CT molecular complexity index is 441. The number of nitrogens with zero attached hydrogens (tertiary/aromatic N) is 1. The molecule has 0 aliphatic heterocycles. The van der Waals surface area contributed by atoms with E-state index in [1.54, 1.807) is 13.1 Å². The predicted octanol–water partition coefficient (Wildman–Crippen LogP) is 2.39. The Labute approximate surface area is 111 Å². The zero-order valence-electron chi connectivity index (χ0n) is 11.5. The number of carbonyl (C=O) groups is 1. The lowest BCUT2D eigenvalue weighted by molar-refractivity contribution is 0.111. The van der Waals surface area contributed by atoms with Crippen molar-refractivity contribution >= 4 is 17.5 Å². The molecule has 1 heterocycles. The monoisotopic (exact) mass is 270 g/mol. The van der Waals surface area contributed by atoms with Crippen molar-refractivity contribution in [2.24, 2.45) is 0 Å². The molecule has 1 aromatic rings. The molecule has 5 heteroatoms. The number of rotatable bonds is 4. The minimum Gasteiger partial charge on any atom is -0.505 e. The van der Waals surface area contributed by atoms with E-state index in [1.165, 1.54) is 0 Å². The average Bonchev–Trinajstić information content (AvgIpc) is 2.29. The molecule has 0 aromatic carbocycles. The number of hydrogen-bond donors (Lipinski definition) is 1. The first-order valence-electron chi connectivity index (χ1n) is 5.69. The summed E-state index contributed by atoms with van der Waals surface area (Å²) in [7, 11) is 0. The quantitative estimate of drug-likeness (QED) is 0.674. The Kier molecular flexibility index (Phi) is 4.76. The van der Waals surface area contributed by atoms with Crippen LogP contribution >= 0.6 is 0 Å². The van der Waals surface area contributed by atoms with Gasteiger partial charge in [0.2, 0.25) is 0 Å². The SMILES string of the molecule is Cc1ncc(CO[S+](C)C(C)(C)C)c(C=O)c1O. The fourth-order valence-electron chi connectivity index (χ4n) is 1.23. The van der Waals surface area contributed by atoms with Gasteiger partial charge in [0.15, 0.2) is 11.0 Å². The maximum absolute atomic E-state index is 11.0. The van der Waals surface area contributed by atoms with Crippen LogP contribution in [0.25, 0.3) is 0 Å². The molecule has 0 fully saturated rings. The van der Waals surface area contributed by atoms with Gasteiger partial charge >= 0.3 is 0 Å². The smallest absolute Gasteiger partial charge is 0.154 e. The molecule has 1 N–H and O–H groups in total. The molecule has 0 saturated heterocycles. The van der Waals surface area contributed by atoms with Gasteiger partial charge in [-0.25, -0.2) is 0 Å². The molecule has 1 rings (SSSR count). The normalized spacial score (nSPS) is 13.4. The van der Waals surface area contributed by atoms with Crippen LogP contribution in [0.15, 0.2) is 6.20 Å². The average molecular weight is 270 g/mol. The second kappa shape index (κ2) is 5.71. The standard InChI is InChI=1S/C13H19NO3S/c1-9-12(16)11(7-15)10(6-14-9)8-17-18(5)13(2,3)4/h6-7H,8H2,1-5H3/p+1. The Balaban J connectivity index is 2.86. The molecule has 0 aliphatic carbocycles. The Hall–Kier alpha value is -1.07. The van der Waals surface area contributed by atoms with E-state index in [4.69, 9.17) is 4.18 Å². The van der Waals surface area contributed by atoms with E-state index in [0.29, 0.717) is 17.5 Å². The summed E-state index contributed by atoms with van der Waals surface area (Å²) in [4.78, 5) is 15.0. The second-order valence-corrected chi connectivity index (χ2v) is 7.45. The zero-order chi connectivity index (χ0) is 13.9. The number of aldehydes is 1. The maximum Gasteiger partial charge on any atom is 0.154 e. The summed E-state index contributed by atoms with van der Waals surface area (Å²) < 4.78 is 5.80. The maximum atomic E-state index is 11.0. The van der Waals surface area contributed by atoms with Gasteiger partial charge < -0.3 is 5.11 Å². The van der Waals surface area contributed by atoms with Gasteiger partial charge in [-0.1, -0.05) is 0 Å². The van der Waals surface area contributed by atoms with E-state index in [2.05, 4.69) is 25.8 Å². The van der Waals surface area contributed by atoms with Crippen LogP contribution in [-0.2, 0) is 22.0 Å². The van der Waals surface area contributed by atoms with E-state index in [1.807, 2.05) is 6.26 Å². The highest BCUT2D eigenvalue weighted by Gasteiger charge is 2.32. The van der Waals surface area contributed by atoms with Gasteiger partial charge in [0.1, 0.15) is 29.8 Å². The minimum absolute atomic E-state index is 0.0571. The van der Waals surface area contributed by atoms with Crippen molar-refractivity contribution < 1.29 is 14.1 Å². The van der Waals surface area contributed by atoms with Crippen molar-refractivity contribution in [3.8, 4) is 5.75 Å². The number of carbonyl (C=O) groups excluding carboxylic acids is 1. The molecule has 18 heavy (non-hydrogen) atoms. The van der Waals surface area contributed by atoms with Crippen LogP contribution < -0.4 is 0 Å². The fraction of sp³-hybridized carbons (Fsp3) is 0.538. The summed E-state index contributed by atoms with van der Waals surface area (Å²) >= 11 is -0.235. The third-order valence-electron chi connectivity index (χ3n) is 2.73. The van der Waals surface area contributed by atoms with E-state index in [0.717, 1.165) is 0 Å². The van der Waals surface area contributed by atoms with Crippen LogP contribution in [-0.4, -0.2) is 27.4 Å². The molecule has 1 aromatic heterocycles. The third-order valence-corrected chi connectivity index (χ3v) is 4.93. The van der Waals surface area contributed by atoms with Crippen molar-refractivity contribution in [1.82, 2.24) is 4.98 Å². The zero-order valence-corrected chi connectivity index (χ0v) is 12.3. The van der Waals surface area contributed by atoms with Crippen molar-refractivity contribution in [2.75, 3.05) is 6.26 Å². The van der Waals surface area contributed by atoms with Crippen molar-refractivity contribution in [3.63, 3.8) is 0 Å². The topological polar surface area (TPSA) is 59.4 Å². The molecule has 0 radical (unpaired) electrons. The lowest BCUT2D eigenvalue weighted by Crippen LogP contribution is -2.29. The van der Waals surface area contributed by atoms with Crippen LogP contribution in [0.1, 0.15) is 42.4 Å². The highest BCUT2D eigenvalue weighted by Crippen LogP contribution is 2.24. The summed E-state index contributed by atoms with van der Waals surface area (Å²) in [6.07, 6.45) is 4.24. The van der Waals surface area contributed by atoms with Crippen LogP contribution in [0, 0.1) is 6.92 Å². The Morgan fingerprint density at radius 2 is 2.11 bits per heavy atom. The van der Waals surface area contributed by atoms with Gasteiger partial charge in [-0.15, -0.1) is 0 Å². The Morgan fingerprint density at radius 3 is 2.61 bits per heavy atom. The molecular weight excluding hydrogens is 250 g/mol. The van der Waals surface area contributed by atoms with Crippen LogP contribution in [0.5, 0.6) is 5.75 Å². The lowest BCUT2D eigenvalue weighted by atomic mass is 10.1. The van der Waals surface area contributed by atoms with Crippen molar-refractivity contribution in [2.45, 2.75) is 39.0 Å². The van der Waals surface area contributed by atoms with E-state index < -0.39 is 0 Å². The first-order chi connectivity index (χ1) is 8.27. The van der Waals surface area contributed by atoms with Gasteiger partial charge in [0.05, 0.1) is 11.3 Å². The summed E-state index contributed by atoms with van der Waals surface area (Å²) in [5.74, 6) is -0.0576. The lowest BCUT2D eigenvalue weighted by Gasteiger charge is -2.16. The predicted molar refractivity (Wildman–Crippen MR) is 73.9 cm³/mol. The van der Waals surface area contributed by atoms with Gasteiger partial charge in [-0.3, -0.25) is 9.78 Å². The first kappa shape index (κ1) is 15.0. The summed E-state index contributed by atoms with van der Waals surface area (Å²) in [6.45, 7) is 8.24. The molecule has 100 valence electrons. The van der Waals surface area contributed by atoms with E-state index >= 15 is 0 Å². The van der Waals surface area contributed by atoms with E-state index in [-0.39, 0.29) is 33.8 Å². The molecule has 1 unspecified atom stereocenters. The van der Waals surface area contributed by atoms with Crippen molar-refractivity contribution in [1.29, 1.82) is 0 Å². The van der Waals surface area contributed by atoms with Gasteiger partial charge in [-0.05, 0) is 27.7 Å². The summed E-state index contributed by atoms with van der Waals surface area (Å²) in [5, 5.41) is 9.76. The highest BCUT2D eigenvalue weighted by molar-refractivity contribution is 7.92. The van der Waals surface area contributed by atoms with Gasteiger partial charge in [0, 0.05) is 11.8 Å². The van der Waals surface area contributed by atoms with E-state index in [9.17, 15) is 9.90 Å². The number of aromatic nitrogens is 1. The summed E-state index contributed by atoms with van der Waals surface area (Å²) in [6, 6.07) is 0. The second-order valence-electron chi connectivity index (χ2n) is 5.08. The third kappa shape index (κ3) is 3.46. The number of pyridine rings is 1. The van der Waals surface area contributed by atoms with Gasteiger partial charge in [0.25, 0.3) is 0 Å². The minimum atomic E-state index is -0.235. The Morgan fingerprint density at radius 1 is 1.50 bits per heavy atom. The van der Waals surface area contributed by atoms with Gasteiger partial charge in [-0.2, -0.15) is 4.18 Å². The fourth-order valence-corrected chi connectivity index (χ4v) is 1.88. The molecule has 0 spiro atoms. The van der Waals surface area contributed by atoms with Crippen LogP contribution in [0.4, 0.5) is 0 Å². The number of aryl methyl sites for hydroxylation is 1. The molecule has 0 amide bonds. The molecule has 4 nitrogen and oxygen atoms in total. The highest BCUT2D eigenvalue weighted by atomic mass is 32.2. The number of aromatic hydroxyl groups is 1. The number of hydrogen-bond acceptors (Lipinski definition) is 4.